The SMILES string of the molecule is CCn1c(=O)[nH]c(=O)c2c(C(=O)NCc3c(C)nn(Cc4ccccc4)c3C)cc(C(C)C)nc21. The Labute approximate surface area is 202 Å². The lowest BCUT2D eigenvalue weighted by Gasteiger charge is -2.14. The molecule has 35 heavy (non-hydrogen) atoms. The second-order valence-corrected chi connectivity index (χ2v) is 8.93. The van der Waals surface area contributed by atoms with Gasteiger partial charge in [0.05, 0.1) is 23.2 Å². The molecule has 182 valence electrons. The van der Waals surface area contributed by atoms with Crippen molar-refractivity contribution in [3.8, 4) is 0 Å². The number of carbonyl (C=O) groups excluding carboxylic acids is 1. The number of H-pyrrole nitrogens is 1. The minimum absolute atomic E-state index is 0.00588. The summed E-state index contributed by atoms with van der Waals surface area (Å²) in [7, 11) is 0. The summed E-state index contributed by atoms with van der Waals surface area (Å²) < 4.78 is 3.30. The fourth-order valence-corrected chi connectivity index (χ4v) is 4.23. The minimum Gasteiger partial charge on any atom is -0.348 e. The second kappa shape index (κ2) is 9.69. The normalized spacial score (nSPS) is 11.4. The lowest BCUT2D eigenvalue weighted by atomic mass is 10.0. The van der Waals surface area contributed by atoms with Crippen LogP contribution in [0.15, 0.2) is 46.0 Å². The molecule has 9 nitrogen and oxygen atoms in total. The maximum atomic E-state index is 13.4. The van der Waals surface area contributed by atoms with Crippen LogP contribution in [0.25, 0.3) is 11.0 Å². The Morgan fingerprint density at radius 2 is 1.86 bits per heavy atom. The average Bonchev–Trinajstić information content (AvgIpc) is 3.09. The molecule has 3 aromatic heterocycles. The molecule has 0 aliphatic rings. The van der Waals surface area contributed by atoms with Crippen molar-refractivity contribution in [3.05, 3.63) is 91.0 Å². The fraction of sp³-hybridized carbons (Fsp3) is 0.346. The van der Waals surface area contributed by atoms with Gasteiger partial charge in [0.1, 0.15) is 0 Å². The molecule has 0 spiro atoms. The first-order chi connectivity index (χ1) is 16.7. The lowest BCUT2D eigenvalue weighted by molar-refractivity contribution is 0.0952. The van der Waals surface area contributed by atoms with Crippen LogP contribution < -0.4 is 16.6 Å². The van der Waals surface area contributed by atoms with E-state index in [4.69, 9.17) is 0 Å². The Morgan fingerprint density at radius 3 is 2.51 bits per heavy atom. The number of pyridine rings is 1. The summed E-state index contributed by atoms with van der Waals surface area (Å²) >= 11 is 0. The van der Waals surface area contributed by atoms with Crippen molar-refractivity contribution in [1.29, 1.82) is 0 Å². The maximum Gasteiger partial charge on any atom is 0.329 e. The molecule has 0 unspecified atom stereocenters. The number of hydrogen-bond acceptors (Lipinski definition) is 5. The highest BCUT2D eigenvalue weighted by molar-refractivity contribution is 6.05. The fourth-order valence-electron chi connectivity index (χ4n) is 4.23. The number of aromatic amines is 1. The standard InChI is InChI=1S/C26H30N6O3/c1-6-31-23-22(25(34)29-26(31)35)19(12-21(28-23)15(2)3)24(33)27-13-20-16(4)30-32(17(20)5)14-18-10-8-7-9-11-18/h7-12,15H,6,13-14H2,1-5H3,(H,27,33)(H,29,34,35). The maximum absolute atomic E-state index is 13.4. The highest BCUT2D eigenvalue weighted by Crippen LogP contribution is 2.20. The van der Waals surface area contributed by atoms with Crippen LogP contribution in [0.4, 0.5) is 0 Å². The third kappa shape index (κ3) is 4.66. The molecule has 4 rings (SSSR count). The number of nitrogens with one attached hydrogen (secondary N) is 2. The van der Waals surface area contributed by atoms with Gasteiger partial charge in [0, 0.05) is 30.0 Å². The Hall–Kier alpha value is -4.01. The van der Waals surface area contributed by atoms with Crippen molar-refractivity contribution in [2.24, 2.45) is 0 Å². The number of amides is 1. The molecule has 3 heterocycles. The summed E-state index contributed by atoms with van der Waals surface area (Å²) in [4.78, 5) is 45.3. The van der Waals surface area contributed by atoms with Gasteiger partial charge < -0.3 is 5.32 Å². The third-order valence-electron chi connectivity index (χ3n) is 6.25. The zero-order chi connectivity index (χ0) is 25.3. The first-order valence-electron chi connectivity index (χ1n) is 11.7. The van der Waals surface area contributed by atoms with Gasteiger partial charge in [0.15, 0.2) is 5.65 Å². The second-order valence-electron chi connectivity index (χ2n) is 8.93. The molecule has 0 aliphatic carbocycles. The van der Waals surface area contributed by atoms with Crippen molar-refractivity contribution in [1.82, 2.24) is 29.6 Å². The third-order valence-corrected chi connectivity index (χ3v) is 6.25. The molecule has 9 heteroatoms. The highest BCUT2D eigenvalue weighted by atomic mass is 16.2. The van der Waals surface area contributed by atoms with Crippen LogP contribution in [0, 0.1) is 13.8 Å². The van der Waals surface area contributed by atoms with E-state index in [1.165, 1.54) is 4.57 Å². The van der Waals surface area contributed by atoms with E-state index in [0.717, 1.165) is 22.5 Å². The van der Waals surface area contributed by atoms with Crippen LogP contribution in [-0.4, -0.2) is 30.2 Å². The summed E-state index contributed by atoms with van der Waals surface area (Å²) in [5.74, 6) is -0.396. The summed E-state index contributed by atoms with van der Waals surface area (Å²) in [6.07, 6.45) is 0. The van der Waals surface area contributed by atoms with Crippen molar-refractivity contribution in [2.75, 3.05) is 0 Å². The molecule has 1 amide bonds. The number of benzene rings is 1. The Morgan fingerprint density at radius 1 is 1.14 bits per heavy atom. The predicted molar refractivity (Wildman–Crippen MR) is 135 cm³/mol. The molecule has 2 N–H and O–H groups in total. The van der Waals surface area contributed by atoms with Crippen LogP contribution in [0.5, 0.6) is 0 Å². The monoisotopic (exact) mass is 474 g/mol. The molecule has 0 saturated heterocycles. The van der Waals surface area contributed by atoms with Crippen LogP contribution in [-0.2, 0) is 19.6 Å². The van der Waals surface area contributed by atoms with Gasteiger partial charge in [-0.1, -0.05) is 44.2 Å². The minimum atomic E-state index is -0.620. The first kappa shape index (κ1) is 24.1. The van der Waals surface area contributed by atoms with Gasteiger partial charge in [-0.3, -0.25) is 23.8 Å². The zero-order valence-electron chi connectivity index (χ0n) is 20.7. The molecule has 0 bridgehead atoms. The molecule has 4 aromatic rings. The van der Waals surface area contributed by atoms with E-state index in [0.29, 0.717) is 18.8 Å². The largest absolute Gasteiger partial charge is 0.348 e. The van der Waals surface area contributed by atoms with Gasteiger partial charge >= 0.3 is 5.69 Å². The Kier molecular flexibility index (Phi) is 6.68. The van der Waals surface area contributed by atoms with Crippen LogP contribution >= 0.6 is 0 Å². The smallest absolute Gasteiger partial charge is 0.329 e. The number of rotatable bonds is 7. The van der Waals surface area contributed by atoms with Crippen LogP contribution in [0.2, 0.25) is 0 Å². The summed E-state index contributed by atoms with van der Waals surface area (Å²) in [6, 6.07) is 11.7. The van der Waals surface area contributed by atoms with Gasteiger partial charge in [-0.25, -0.2) is 9.78 Å². The first-order valence-corrected chi connectivity index (χ1v) is 11.7. The number of aromatic nitrogens is 5. The van der Waals surface area contributed by atoms with E-state index >= 15 is 0 Å². The number of nitrogens with zero attached hydrogens (tertiary/aromatic N) is 4. The summed E-state index contributed by atoms with van der Waals surface area (Å²) in [5.41, 5.74) is 3.77. The van der Waals surface area contributed by atoms with Crippen LogP contribution in [0.1, 0.15) is 65.3 Å². The topological polar surface area (TPSA) is 115 Å². The summed E-state index contributed by atoms with van der Waals surface area (Å²) in [5, 5.41) is 7.72. The molecule has 0 saturated carbocycles. The van der Waals surface area contributed by atoms with Crippen molar-refractivity contribution >= 4 is 16.9 Å². The number of aryl methyl sites for hydroxylation is 2. The van der Waals surface area contributed by atoms with Gasteiger partial charge in [-0.05, 0) is 38.3 Å². The Balaban J connectivity index is 1.68. The molecular formula is C26H30N6O3. The quantitative estimate of drug-likeness (QED) is 0.427. The van der Waals surface area contributed by atoms with E-state index in [-0.39, 0.29) is 29.1 Å². The van der Waals surface area contributed by atoms with Crippen molar-refractivity contribution in [3.63, 3.8) is 0 Å². The van der Waals surface area contributed by atoms with E-state index in [9.17, 15) is 14.4 Å². The molecule has 0 atom stereocenters. The predicted octanol–water partition coefficient (Wildman–Crippen LogP) is 3.02. The van der Waals surface area contributed by atoms with Crippen molar-refractivity contribution < 1.29 is 4.79 Å². The summed E-state index contributed by atoms with van der Waals surface area (Å²) in [6.45, 7) is 10.8. The molecule has 0 radical (unpaired) electrons. The number of fused-ring (bicyclic) bond motifs is 1. The van der Waals surface area contributed by atoms with E-state index in [1.54, 1.807) is 13.0 Å². The number of hydrogen-bond donors (Lipinski definition) is 2. The molecule has 1 aromatic carbocycles. The van der Waals surface area contributed by atoms with Crippen LogP contribution in [0.3, 0.4) is 0 Å². The Bertz CT molecular complexity index is 1510. The lowest BCUT2D eigenvalue weighted by Crippen LogP contribution is -2.33. The van der Waals surface area contributed by atoms with E-state index < -0.39 is 17.2 Å². The molecular weight excluding hydrogens is 444 g/mol. The van der Waals surface area contributed by atoms with Gasteiger partial charge in [-0.2, -0.15) is 5.10 Å². The molecule has 0 aliphatic heterocycles. The van der Waals surface area contributed by atoms with E-state index in [1.807, 2.05) is 62.7 Å². The van der Waals surface area contributed by atoms with Gasteiger partial charge in [0.25, 0.3) is 11.5 Å². The number of carbonyl (C=O) groups is 1. The van der Waals surface area contributed by atoms with Gasteiger partial charge in [0.2, 0.25) is 0 Å². The zero-order valence-corrected chi connectivity index (χ0v) is 20.7. The van der Waals surface area contributed by atoms with Crippen molar-refractivity contribution in [2.45, 2.75) is 60.2 Å². The van der Waals surface area contributed by atoms with Gasteiger partial charge in [-0.15, -0.1) is 0 Å². The average molecular weight is 475 g/mol. The molecule has 0 fully saturated rings. The van der Waals surface area contributed by atoms with E-state index in [2.05, 4.69) is 20.4 Å². The highest BCUT2D eigenvalue weighted by Gasteiger charge is 2.21.